The SMILES string of the molecule is Cc1nc(C)c(-c2csc(CCN(C)C(=O)OC(C)(C)C)n2)o1. The number of aryl methyl sites for hydroxylation is 2. The minimum Gasteiger partial charge on any atom is -0.444 e. The molecule has 2 heterocycles. The minimum absolute atomic E-state index is 0.323. The number of thiazole rings is 1. The van der Waals surface area contributed by atoms with Crippen LogP contribution in [0.3, 0.4) is 0 Å². The fraction of sp³-hybridized carbons (Fsp3) is 0.562. The Labute approximate surface area is 140 Å². The summed E-state index contributed by atoms with van der Waals surface area (Å²) in [5.74, 6) is 1.35. The molecule has 0 radical (unpaired) electrons. The first kappa shape index (κ1) is 17.5. The van der Waals surface area contributed by atoms with Crippen molar-refractivity contribution >= 4 is 17.4 Å². The number of likely N-dealkylation sites (N-methyl/N-ethyl adjacent to an activating group) is 1. The zero-order chi connectivity index (χ0) is 17.2. The van der Waals surface area contributed by atoms with Crippen LogP contribution in [-0.4, -0.2) is 40.2 Å². The zero-order valence-corrected chi connectivity index (χ0v) is 15.3. The molecule has 0 aliphatic rings. The van der Waals surface area contributed by atoms with Gasteiger partial charge in [-0.3, -0.25) is 0 Å². The zero-order valence-electron chi connectivity index (χ0n) is 14.5. The van der Waals surface area contributed by atoms with Crippen molar-refractivity contribution < 1.29 is 13.9 Å². The standard InChI is InChI=1S/C16H23N3O3S/c1-10-14(21-11(2)17-10)12-9-23-13(18-12)7-8-19(6)15(20)22-16(3,4)5/h9H,7-8H2,1-6H3. The molecular formula is C16H23N3O3S. The Kier molecular flexibility index (Phi) is 5.09. The Morgan fingerprint density at radius 3 is 2.61 bits per heavy atom. The Bertz CT molecular complexity index is 685. The Morgan fingerprint density at radius 1 is 1.35 bits per heavy atom. The molecule has 0 N–H and O–H groups in total. The van der Waals surface area contributed by atoms with Crippen LogP contribution in [0.2, 0.25) is 0 Å². The maximum Gasteiger partial charge on any atom is 0.410 e. The van der Waals surface area contributed by atoms with Crippen LogP contribution in [0.5, 0.6) is 0 Å². The van der Waals surface area contributed by atoms with E-state index in [1.54, 1.807) is 23.3 Å². The molecule has 2 aromatic heterocycles. The number of amides is 1. The van der Waals surface area contributed by atoms with Crippen molar-refractivity contribution in [3.05, 3.63) is 22.0 Å². The molecule has 0 atom stereocenters. The molecule has 2 aromatic rings. The molecule has 2 rings (SSSR count). The van der Waals surface area contributed by atoms with Gasteiger partial charge < -0.3 is 14.1 Å². The fourth-order valence-corrected chi connectivity index (χ4v) is 2.76. The molecule has 1 amide bonds. The van der Waals surface area contributed by atoms with Crippen LogP contribution in [-0.2, 0) is 11.2 Å². The summed E-state index contributed by atoms with van der Waals surface area (Å²) in [6.45, 7) is 9.84. The normalized spacial score (nSPS) is 11.6. The summed E-state index contributed by atoms with van der Waals surface area (Å²) < 4.78 is 10.9. The molecule has 0 aliphatic heterocycles. The van der Waals surface area contributed by atoms with Crippen molar-refractivity contribution in [2.75, 3.05) is 13.6 Å². The molecule has 23 heavy (non-hydrogen) atoms. The van der Waals surface area contributed by atoms with Gasteiger partial charge in [0.2, 0.25) is 0 Å². The van der Waals surface area contributed by atoms with E-state index in [2.05, 4.69) is 9.97 Å². The third-order valence-corrected chi connectivity index (χ3v) is 3.96. The van der Waals surface area contributed by atoms with Crippen LogP contribution >= 0.6 is 11.3 Å². The second-order valence-corrected chi connectivity index (χ2v) is 7.37. The molecule has 0 spiro atoms. The Hall–Kier alpha value is -1.89. The van der Waals surface area contributed by atoms with Gasteiger partial charge in [-0.15, -0.1) is 11.3 Å². The van der Waals surface area contributed by atoms with Crippen LogP contribution < -0.4 is 0 Å². The fourth-order valence-electron chi connectivity index (χ4n) is 1.99. The van der Waals surface area contributed by atoms with Crippen molar-refractivity contribution in [3.8, 4) is 11.5 Å². The summed E-state index contributed by atoms with van der Waals surface area (Å²) in [4.78, 5) is 22.3. The molecular weight excluding hydrogens is 314 g/mol. The molecule has 0 bridgehead atoms. The van der Waals surface area contributed by atoms with Gasteiger partial charge in [-0.2, -0.15) is 0 Å². The molecule has 0 unspecified atom stereocenters. The third kappa shape index (κ3) is 4.79. The smallest absolute Gasteiger partial charge is 0.410 e. The van der Waals surface area contributed by atoms with Gasteiger partial charge in [0.1, 0.15) is 11.3 Å². The van der Waals surface area contributed by atoms with E-state index in [4.69, 9.17) is 9.15 Å². The van der Waals surface area contributed by atoms with E-state index < -0.39 is 5.60 Å². The maximum atomic E-state index is 11.9. The topological polar surface area (TPSA) is 68.5 Å². The van der Waals surface area contributed by atoms with Crippen molar-refractivity contribution in [2.24, 2.45) is 0 Å². The summed E-state index contributed by atoms with van der Waals surface area (Å²) in [6.07, 6.45) is 0.350. The van der Waals surface area contributed by atoms with Gasteiger partial charge >= 0.3 is 6.09 Å². The summed E-state index contributed by atoms with van der Waals surface area (Å²) in [7, 11) is 1.73. The summed E-state index contributed by atoms with van der Waals surface area (Å²) in [6, 6.07) is 0. The lowest BCUT2D eigenvalue weighted by Crippen LogP contribution is -2.35. The number of carbonyl (C=O) groups excluding carboxylic acids is 1. The number of rotatable bonds is 4. The summed E-state index contributed by atoms with van der Waals surface area (Å²) >= 11 is 1.55. The van der Waals surface area contributed by atoms with Gasteiger partial charge in [-0.1, -0.05) is 0 Å². The van der Waals surface area contributed by atoms with Gasteiger partial charge in [0.05, 0.1) is 10.7 Å². The van der Waals surface area contributed by atoms with Gasteiger partial charge in [0.15, 0.2) is 11.7 Å². The van der Waals surface area contributed by atoms with Crippen LogP contribution in [0.25, 0.3) is 11.5 Å². The number of hydrogen-bond acceptors (Lipinski definition) is 6. The highest BCUT2D eigenvalue weighted by Crippen LogP contribution is 2.26. The lowest BCUT2D eigenvalue weighted by atomic mass is 10.2. The molecule has 0 fully saturated rings. The van der Waals surface area contributed by atoms with Crippen molar-refractivity contribution in [3.63, 3.8) is 0 Å². The highest BCUT2D eigenvalue weighted by molar-refractivity contribution is 7.09. The number of oxazole rings is 1. The molecule has 0 saturated heterocycles. The van der Waals surface area contributed by atoms with Gasteiger partial charge in [0.25, 0.3) is 0 Å². The Morgan fingerprint density at radius 2 is 2.04 bits per heavy atom. The van der Waals surface area contributed by atoms with E-state index in [-0.39, 0.29) is 6.09 Å². The second-order valence-electron chi connectivity index (χ2n) is 6.43. The highest BCUT2D eigenvalue weighted by atomic mass is 32.1. The molecule has 7 heteroatoms. The molecule has 0 saturated carbocycles. The average Bonchev–Trinajstić information content (AvgIpc) is 3.00. The van der Waals surface area contributed by atoms with E-state index in [0.717, 1.165) is 16.4 Å². The first-order valence-corrected chi connectivity index (χ1v) is 8.36. The number of hydrogen-bond donors (Lipinski definition) is 0. The molecule has 0 aliphatic carbocycles. The van der Waals surface area contributed by atoms with Crippen LogP contribution in [0, 0.1) is 13.8 Å². The van der Waals surface area contributed by atoms with E-state index in [0.29, 0.717) is 24.6 Å². The lowest BCUT2D eigenvalue weighted by molar-refractivity contribution is 0.0301. The number of nitrogens with zero attached hydrogens (tertiary/aromatic N) is 3. The lowest BCUT2D eigenvalue weighted by Gasteiger charge is -2.24. The van der Waals surface area contributed by atoms with Gasteiger partial charge in [-0.05, 0) is 27.7 Å². The average molecular weight is 337 g/mol. The van der Waals surface area contributed by atoms with Crippen molar-refractivity contribution in [1.29, 1.82) is 0 Å². The van der Waals surface area contributed by atoms with Gasteiger partial charge in [-0.25, -0.2) is 14.8 Å². The molecule has 126 valence electrons. The maximum absolute atomic E-state index is 11.9. The van der Waals surface area contributed by atoms with E-state index in [1.165, 1.54) is 0 Å². The number of ether oxygens (including phenoxy) is 1. The van der Waals surface area contributed by atoms with Crippen LogP contribution in [0.4, 0.5) is 4.79 Å². The molecule has 6 nitrogen and oxygen atoms in total. The van der Waals surface area contributed by atoms with E-state index in [9.17, 15) is 4.79 Å². The quantitative estimate of drug-likeness (QED) is 0.848. The summed E-state index contributed by atoms with van der Waals surface area (Å²) in [5.41, 5.74) is 1.15. The minimum atomic E-state index is -0.485. The van der Waals surface area contributed by atoms with E-state index in [1.807, 2.05) is 40.0 Å². The van der Waals surface area contributed by atoms with Crippen molar-refractivity contribution in [1.82, 2.24) is 14.9 Å². The monoisotopic (exact) mass is 337 g/mol. The number of aromatic nitrogens is 2. The van der Waals surface area contributed by atoms with Crippen molar-refractivity contribution in [2.45, 2.75) is 46.6 Å². The summed E-state index contributed by atoms with van der Waals surface area (Å²) in [5, 5.41) is 2.90. The van der Waals surface area contributed by atoms with Gasteiger partial charge in [0, 0.05) is 32.3 Å². The predicted octanol–water partition coefficient (Wildman–Crippen LogP) is 3.82. The first-order chi connectivity index (χ1) is 10.7. The molecule has 0 aromatic carbocycles. The van der Waals surface area contributed by atoms with Crippen LogP contribution in [0.15, 0.2) is 9.80 Å². The first-order valence-electron chi connectivity index (χ1n) is 7.48. The Balaban J connectivity index is 1.95. The number of carbonyl (C=O) groups is 1. The third-order valence-electron chi connectivity index (χ3n) is 3.05. The largest absolute Gasteiger partial charge is 0.444 e. The van der Waals surface area contributed by atoms with Crippen LogP contribution in [0.1, 0.15) is 37.4 Å². The predicted molar refractivity (Wildman–Crippen MR) is 89.7 cm³/mol. The van der Waals surface area contributed by atoms with E-state index >= 15 is 0 Å². The second kappa shape index (κ2) is 6.70. The highest BCUT2D eigenvalue weighted by Gasteiger charge is 2.20.